The van der Waals surface area contributed by atoms with E-state index in [1.54, 1.807) is 0 Å². The summed E-state index contributed by atoms with van der Waals surface area (Å²) in [5.74, 6) is 0. The van der Waals surface area contributed by atoms with Gasteiger partial charge in [0.25, 0.3) is 0 Å². The summed E-state index contributed by atoms with van der Waals surface area (Å²) in [6.45, 7) is 3.53. The van der Waals surface area contributed by atoms with Crippen molar-refractivity contribution in [1.82, 2.24) is 0 Å². The van der Waals surface area contributed by atoms with Gasteiger partial charge in [-0.15, -0.1) is 0 Å². The van der Waals surface area contributed by atoms with Crippen molar-refractivity contribution < 1.29 is 57.1 Å². The molecule has 0 radical (unpaired) electrons. The molecule has 0 aromatic carbocycles. The number of ether oxygens (including phenoxy) is 6. The molecule has 28 heavy (non-hydrogen) atoms. The number of rotatable bonds is 21. The van der Waals surface area contributed by atoms with E-state index in [9.17, 15) is 9.13 Å². The maximum Gasteiger partial charge on any atom is 0.327 e. The van der Waals surface area contributed by atoms with Gasteiger partial charge in [0.05, 0.1) is 91.6 Å². The van der Waals surface area contributed by atoms with Crippen molar-refractivity contribution in [2.75, 3.05) is 91.6 Å². The van der Waals surface area contributed by atoms with Crippen LogP contribution in [0.5, 0.6) is 0 Å². The van der Waals surface area contributed by atoms with Gasteiger partial charge in [0.1, 0.15) is 0 Å². The Hall–Kier alpha value is 0.0600. The first-order valence-corrected chi connectivity index (χ1v) is 12.4. The van der Waals surface area contributed by atoms with E-state index in [0.29, 0.717) is 52.9 Å². The minimum Gasteiger partial charge on any atom is -0.378 e. The number of hydrogen-bond acceptors (Lipinski definition) is 8. The van der Waals surface area contributed by atoms with Crippen LogP contribution in [0.1, 0.15) is 0 Å². The molecule has 0 spiro atoms. The Morgan fingerprint density at radius 2 is 0.571 bits per heavy atom. The third-order valence-electron chi connectivity index (χ3n) is 2.91. The minimum absolute atomic E-state index is 0.00514. The maximum absolute atomic E-state index is 10.6. The molecular formula is C14H32O12P2. The normalized spacial score (nSPS) is 12.6. The second kappa shape index (κ2) is 17.9. The van der Waals surface area contributed by atoms with Gasteiger partial charge >= 0.3 is 15.2 Å². The molecule has 0 rings (SSSR count). The zero-order valence-corrected chi connectivity index (χ0v) is 17.6. The Morgan fingerprint density at radius 3 is 0.750 bits per heavy atom. The molecule has 0 aromatic heterocycles. The minimum atomic E-state index is -4.00. The molecule has 170 valence electrons. The van der Waals surface area contributed by atoms with Crippen molar-refractivity contribution in [2.24, 2.45) is 0 Å². The highest BCUT2D eigenvalue weighted by Crippen LogP contribution is 2.33. The fourth-order valence-corrected chi connectivity index (χ4v) is 2.30. The fourth-order valence-electron chi connectivity index (χ4n) is 1.57. The van der Waals surface area contributed by atoms with Gasteiger partial charge < -0.3 is 48.0 Å². The molecule has 0 aliphatic rings. The predicted molar refractivity (Wildman–Crippen MR) is 98.7 cm³/mol. The van der Waals surface area contributed by atoms with Gasteiger partial charge in [-0.25, -0.2) is 0 Å². The van der Waals surface area contributed by atoms with Crippen LogP contribution in [-0.2, 0) is 37.6 Å². The topological polar surface area (TPSA) is 170 Å². The van der Waals surface area contributed by atoms with Crippen LogP contribution in [0.15, 0.2) is 0 Å². The molecule has 0 unspecified atom stereocenters. The summed E-state index contributed by atoms with van der Waals surface area (Å²) < 4.78 is 52.2. The Bertz CT molecular complexity index is 398. The van der Waals surface area contributed by atoms with Crippen molar-refractivity contribution in [3.63, 3.8) is 0 Å². The monoisotopic (exact) mass is 454 g/mol. The van der Waals surface area contributed by atoms with Gasteiger partial charge in [0.2, 0.25) is 0 Å². The third-order valence-corrected chi connectivity index (χ3v) is 4.44. The molecule has 0 saturated carbocycles. The lowest BCUT2D eigenvalue weighted by Gasteiger charge is -2.08. The molecular weight excluding hydrogens is 422 g/mol. The summed E-state index contributed by atoms with van der Waals surface area (Å²) in [7, 11) is -8.00. The number of hydrogen-bond donors (Lipinski definition) is 4. The Labute approximate surface area is 164 Å². The average molecular weight is 454 g/mol. The van der Waals surface area contributed by atoms with E-state index in [1.165, 1.54) is 0 Å². The second-order valence-corrected chi connectivity index (χ2v) is 9.00. The molecule has 0 saturated heterocycles. The summed E-state index contributed by atoms with van der Waals surface area (Å²) in [6.07, 6.45) is -0.595. The van der Waals surface area contributed by atoms with E-state index in [4.69, 9.17) is 48.0 Å². The van der Waals surface area contributed by atoms with Crippen molar-refractivity contribution in [1.29, 1.82) is 0 Å². The van der Waals surface area contributed by atoms with Crippen LogP contribution in [0, 0.1) is 0 Å². The summed E-state index contributed by atoms with van der Waals surface area (Å²) in [4.78, 5) is 34.5. The lowest BCUT2D eigenvalue weighted by molar-refractivity contribution is -0.0156. The predicted octanol–water partition coefficient (Wildman–Crippen LogP) is -0.559. The van der Waals surface area contributed by atoms with Crippen LogP contribution in [0.3, 0.4) is 0 Å². The van der Waals surface area contributed by atoms with Crippen LogP contribution in [0.4, 0.5) is 0 Å². The Morgan fingerprint density at radius 1 is 0.393 bits per heavy atom. The third kappa shape index (κ3) is 26.1. The van der Waals surface area contributed by atoms with E-state index in [-0.39, 0.29) is 38.8 Å². The first kappa shape index (κ1) is 28.1. The van der Waals surface area contributed by atoms with Crippen LogP contribution in [0.25, 0.3) is 0 Å². The van der Waals surface area contributed by atoms with Gasteiger partial charge in [-0.3, -0.25) is 9.13 Å². The van der Waals surface area contributed by atoms with Crippen molar-refractivity contribution in [3.05, 3.63) is 0 Å². The summed E-state index contributed by atoms with van der Waals surface area (Å²) in [5.41, 5.74) is 0. The quantitative estimate of drug-likeness (QED) is 0.129. The highest BCUT2D eigenvalue weighted by molar-refractivity contribution is 7.52. The van der Waals surface area contributed by atoms with E-state index >= 15 is 0 Å². The summed E-state index contributed by atoms with van der Waals surface area (Å²) in [5, 5.41) is 0. The smallest absolute Gasteiger partial charge is 0.327 e. The Balaban J connectivity index is 3.09. The van der Waals surface area contributed by atoms with Crippen LogP contribution in [-0.4, -0.2) is 111 Å². The first-order valence-electron chi connectivity index (χ1n) is 8.76. The standard InChI is InChI=1S/C14H32O12P2/c15-27(16,17)13-11-25-9-7-23-5-3-21-1-2-22-4-6-24-8-10-26-12-14-28(18,19)20/h1-14H2,(H2,15,16,17)(H2,18,19,20). The molecule has 0 aromatic rings. The maximum atomic E-state index is 10.6. The highest BCUT2D eigenvalue weighted by Gasteiger charge is 2.12. The lowest BCUT2D eigenvalue weighted by Crippen LogP contribution is -2.14. The van der Waals surface area contributed by atoms with Gasteiger partial charge in [0.15, 0.2) is 0 Å². The van der Waals surface area contributed by atoms with E-state index in [1.807, 2.05) is 0 Å². The van der Waals surface area contributed by atoms with Gasteiger partial charge in [-0.1, -0.05) is 0 Å². The molecule has 12 nitrogen and oxygen atoms in total. The molecule has 0 fully saturated rings. The largest absolute Gasteiger partial charge is 0.378 e. The lowest BCUT2D eigenvalue weighted by atomic mass is 10.7. The molecule has 0 aliphatic heterocycles. The SMILES string of the molecule is O=P(O)(O)CCOCCOCCOCCOCCOCCOCCP(=O)(O)O. The van der Waals surface area contributed by atoms with Gasteiger partial charge in [0, 0.05) is 0 Å². The van der Waals surface area contributed by atoms with Crippen molar-refractivity contribution in [2.45, 2.75) is 0 Å². The van der Waals surface area contributed by atoms with Gasteiger partial charge in [-0.2, -0.15) is 0 Å². The van der Waals surface area contributed by atoms with Crippen LogP contribution in [0.2, 0.25) is 0 Å². The van der Waals surface area contributed by atoms with E-state index in [0.717, 1.165) is 0 Å². The van der Waals surface area contributed by atoms with Gasteiger partial charge in [-0.05, 0) is 0 Å². The molecule has 0 bridgehead atoms. The molecule has 0 atom stereocenters. The zero-order valence-electron chi connectivity index (χ0n) is 15.8. The molecule has 4 N–H and O–H groups in total. The summed E-state index contributed by atoms with van der Waals surface area (Å²) in [6, 6.07) is 0. The average Bonchev–Trinajstić information content (AvgIpc) is 2.58. The Kier molecular flexibility index (Phi) is 17.9. The first-order chi connectivity index (χ1) is 13.2. The molecule has 0 heterocycles. The molecule has 0 amide bonds. The molecule has 0 aliphatic carbocycles. The summed E-state index contributed by atoms with van der Waals surface area (Å²) >= 11 is 0. The fraction of sp³-hybridized carbons (Fsp3) is 1.00. The molecule has 14 heteroatoms. The van der Waals surface area contributed by atoms with E-state index in [2.05, 4.69) is 0 Å². The van der Waals surface area contributed by atoms with E-state index < -0.39 is 15.2 Å². The van der Waals surface area contributed by atoms with Crippen LogP contribution >= 0.6 is 15.2 Å². The zero-order chi connectivity index (χ0) is 21.1. The van der Waals surface area contributed by atoms with Crippen LogP contribution < -0.4 is 0 Å². The van der Waals surface area contributed by atoms with Crippen molar-refractivity contribution in [3.8, 4) is 0 Å². The highest BCUT2D eigenvalue weighted by atomic mass is 31.2. The second-order valence-electron chi connectivity index (χ2n) is 5.45. The van der Waals surface area contributed by atoms with Crippen molar-refractivity contribution >= 4 is 15.2 Å².